The molecule has 0 bridgehead atoms. The third kappa shape index (κ3) is 7.60. The molecule has 13 nitrogen and oxygen atoms in total. The summed E-state index contributed by atoms with van der Waals surface area (Å²) in [5.41, 5.74) is 1.73. The van der Waals surface area contributed by atoms with Gasteiger partial charge in [0.15, 0.2) is 6.10 Å². The Morgan fingerprint density at radius 2 is 1.79 bits per heavy atom. The number of rotatable bonds is 10. The molecule has 0 unspecified atom stereocenters. The summed E-state index contributed by atoms with van der Waals surface area (Å²) in [6.07, 6.45) is -1.70. The van der Waals surface area contributed by atoms with Gasteiger partial charge in [-0.2, -0.15) is 5.21 Å². The van der Waals surface area contributed by atoms with E-state index in [1.54, 1.807) is 54.6 Å². The van der Waals surface area contributed by atoms with Crippen LogP contribution in [0.5, 0.6) is 0 Å². The van der Waals surface area contributed by atoms with Crippen molar-refractivity contribution in [3.8, 4) is 11.4 Å². The van der Waals surface area contributed by atoms with Crippen molar-refractivity contribution in [2.75, 3.05) is 18.7 Å². The molecule has 3 amide bonds. The molecule has 1 fully saturated rings. The number of aliphatic hydroxyl groups excluding tert-OH is 1. The van der Waals surface area contributed by atoms with Gasteiger partial charge in [0.05, 0.1) is 18.7 Å². The molecule has 4 N–H and O–H groups in total. The topological polar surface area (TPSA) is 175 Å². The number of pyridine rings is 1. The van der Waals surface area contributed by atoms with E-state index in [2.05, 4.69) is 52.2 Å². The van der Waals surface area contributed by atoms with Crippen molar-refractivity contribution in [2.24, 2.45) is 0 Å². The van der Waals surface area contributed by atoms with Crippen LogP contribution >= 0.6 is 15.9 Å². The molecular formula is C33H28BrFN8O5. The van der Waals surface area contributed by atoms with Crippen molar-refractivity contribution in [2.45, 2.75) is 24.6 Å². The van der Waals surface area contributed by atoms with Crippen molar-refractivity contribution in [1.29, 1.82) is 0 Å². The lowest BCUT2D eigenvalue weighted by molar-refractivity contribution is -0.125. The normalized spacial score (nSPS) is 15.5. The van der Waals surface area contributed by atoms with Crippen LogP contribution in [0.4, 0.5) is 10.1 Å². The minimum Gasteiger partial charge on any atom is -0.381 e. The zero-order chi connectivity index (χ0) is 33.6. The fraction of sp³-hybridized carbons (Fsp3) is 0.182. The number of carbonyl (C=O) groups excluding carboxylic acids is 3. The van der Waals surface area contributed by atoms with Crippen molar-refractivity contribution in [1.82, 2.24) is 35.8 Å². The maximum atomic E-state index is 14.9. The van der Waals surface area contributed by atoms with Gasteiger partial charge in [0, 0.05) is 27.9 Å². The van der Waals surface area contributed by atoms with E-state index >= 15 is 0 Å². The number of nitrogens with zero attached hydrogens (tertiary/aromatic N) is 5. The second-order valence-corrected chi connectivity index (χ2v) is 11.8. The highest BCUT2D eigenvalue weighted by molar-refractivity contribution is 9.10. The quantitative estimate of drug-likeness (QED) is 0.168. The van der Waals surface area contributed by atoms with Gasteiger partial charge in [-0.25, -0.2) is 9.37 Å². The Kier molecular flexibility index (Phi) is 9.89. The molecule has 15 heteroatoms. The molecule has 48 heavy (non-hydrogen) atoms. The van der Waals surface area contributed by atoms with E-state index in [9.17, 15) is 23.9 Å². The average molecular weight is 716 g/mol. The largest absolute Gasteiger partial charge is 0.381 e. The molecule has 0 radical (unpaired) electrons. The summed E-state index contributed by atoms with van der Waals surface area (Å²) in [5.74, 6) is -2.88. The average Bonchev–Trinajstić information content (AvgIpc) is 3.82. The second-order valence-electron chi connectivity index (χ2n) is 10.9. The monoisotopic (exact) mass is 714 g/mol. The lowest BCUT2D eigenvalue weighted by Crippen LogP contribution is -2.50. The van der Waals surface area contributed by atoms with Gasteiger partial charge < -0.3 is 25.4 Å². The molecule has 244 valence electrons. The first-order valence-electron chi connectivity index (χ1n) is 14.7. The zero-order valence-electron chi connectivity index (χ0n) is 25.1. The van der Waals surface area contributed by atoms with Crippen molar-refractivity contribution < 1.29 is 28.6 Å². The summed E-state index contributed by atoms with van der Waals surface area (Å²) in [4.78, 5) is 45.9. The molecule has 1 saturated heterocycles. The molecule has 0 aliphatic carbocycles. The summed E-state index contributed by atoms with van der Waals surface area (Å²) in [6.45, 7) is 0.191. The van der Waals surface area contributed by atoms with Crippen LogP contribution in [0.1, 0.15) is 38.1 Å². The highest BCUT2D eigenvalue weighted by Gasteiger charge is 2.34. The van der Waals surface area contributed by atoms with E-state index in [4.69, 9.17) is 4.74 Å². The van der Waals surface area contributed by atoms with Crippen LogP contribution in [0.3, 0.4) is 0 Å². The number of aromatic nitrogens is 5. The van der Waals surface area contributed by atoms with E-state index in [0.29, 0.717) is 22.6 Å². The van der Waals surface area contributed by atoms with Gasteiger partial charge in [-0.3, -0.25) is 14.4 Å². The lowest BCUT2D eigenvalue weighted by atomic mass is 10.00. The van der Waals surface area contributed by atoms with Crippen LogP contribution in [-0.2, 0) is 16.0 Å². The van der Waals surface area contributed by atoms with Crippen molar-refractivity contribution in [3.63, 3.8) is 0 Å². The maximum Gasteiger partial charge on any atom is 0.275 e. The van der Waals surface area contributed by atoms with Gasteiger partial charge in [0.2, 0.25) is 5.82 Å². The first-order chi connectivity index (χ1) is 23.2. The Bertz CT molecular complexity index is 1910. The minimum atomic E-state index is -1.74. The number of amides is 3. The number of halogens is 2. The molecule has 5 aromatic rings. The molecule has 0 spiro atoms. The van der Waals surface area contributed by atoms with Gasteiger partial charge in [0.1, 0.15) is 23.9 Å². The Labute approximate surface area is 281 Å². The van der Waals surface area contributed by atoms with E-state index in [1.807, 2.05) is 24.3 Å². The van der Waals surface area contributed by atoms with Gasteiger partial charge in [-0.15, -0.1) is 10.2 Å². The van der Waals surface area contributed by atoms with Crippen molar-refractivity contribution in [3.05, 3.63) is 124 Å². The predicted molar refractivity (Wildman–Crippen MR) is 174 cm³/mol. The fourth-order valence-corrected chi connectivity index (χ4v) is 5.51. The highest BCUT2D eigenvalue weighted by atomic mass is 79.9. The summed E-state index contributed by atoms with van der Waals surface area (Å²) >= 11 is 3.39. The minimum absolute atomic E-state index is 0.0439. The van der Waals surface area contributed by atoms with Gasteiger partial charge in [-0.1, -0.05) is 70.5 Å². The van der Waals surface area contributed by atoms with Gasteiger partial charge >= 0.3 is 0 Å². The maximum absolute atomic E-state index is 14.9. The molecule has 1 aliphatic rings. The van der Waals surface area contributed by atoms with Crippen LogP contribution in [0.2, 0.25) is 0 Å². The van der Waals surface area contributed by atoms with Gasteiger partial charge in [-0.05, 0) is 47.0 Å². The summed E-state index contributed by atoms with van der Waals surface area (Å²) in [7, 11) is 0. The van der Waals surface area contributed by atoms with Crippen LogP contribution < -0.4 is 10.6 Å². The highest BCUT2D eigenvalue weighted by Crippen LogP contribution is 2.29. The standard InChI is InChI=1S/C33H28BrFN8O5/c34-22-11-9-20(10-12-22)28-17-48-18-43(28)33(47)27-16-23(35)15-26(37-27)31(45)38-25(13-19-5-2-1-3-6-19)29(44)32(46)36-24-8-4-7-21(14-24)30-39-41-42-40-30/h1-12,14-16,25,28-29,44H,13,17-18H2,(H,36,46)(H,38,45)(H,39,40,41,42)/t25-,28+,29-/m0/s1. The third-order valence-corrected chi connectivity index (χ3v) is 8.17. The number of ether oxygens (including phenoxy) is 1. The van der Waals surface area contributed by atoms with E-state index in [1.165, 1.54) is 4.90 Å². The van der Waals surface area contributed by atoms with Crippen LogP contribution in [-0.4, -0.2) is 78.8 Å². The SMILES string of the molecule is O=C(N[C@@H](Cc1ccccc1)[C@H](O)C(=O)Nc1cccc(-c2nn[nH]n2)c1)c1cc(F)cc(C(=O)N2COC[C@@H]2c2ccc(Br)cc2)n1. The first kappa shape index (κ1) is 32.6. The molecule has 3 heterocycles. The molecule has 1 aliphatic heterocycles. The Balaban J connectivity index is 1.21. The second kappa shape index (κ2) is 14.6. The number of anilines is 1. The number of carbonyl (C=O) groups is 3. The third-order valence-electron chi connectivity index (χ3n) is 7.64. The van der Waals surface area contributed by atoms with E-state index in [0.717, 1.165) is 22.2 Å². The van der Waals surface area contributed by atoms with Gasteiger partial charge in [0.25, 0.3) is 17.7 Å². The smallest absolute Gasteiger partial charge is 0.275 e. The molecule has 3 atom stereocenters. The Morgan fingerprint density at radius 1 is 1.02 bits per heavy atom. The molecule has 6 rings (SSSR count). The van der Waals surface area contributed by atoms with Crippen LogP contribution in [0, 0.1) is 5.82 Å². The molecule has 3 aromatic carbocycles. The van der Waals surface area contributed by atoms with Crippen LogP contribution in [0.15, 0.2) is 95.5 Å². The lowest BCUT2D eigenvalue weighted by Gasteiger charge is -2.24. The van der Waals surface area contributed by atoms with Crippen molar-refractivity contribution >= 4 is 39.3 Å². The first-order valence-corrected chi connectivity index (χ1v) is 15.5. The molecule has 2 aromatic heterocycles. The zero-order valence-corrected chi connectivity index (χ0v) is 26.7. The summed E-state index contributed by atoms with van der Waals surface area (Å²) in [5, 5.41) is 30.2. The van der Waals surface area contributed by atoms with E-state index < -0.39 is 47.4 Å². The number of tetrazole rings is 1. The van der Waals surface area contributed by atoms with Crippen LogP contribution in [0.25, 0.3) is 11.4 Å². The number of hydrogen-bond acceptors (Lipinski definition) is 9. The summed E-state index contributed by atoms with van der Waals surface area (Å²) in [6, 6.07) is 23.1. The Hall–Kier alpha value is -5.38. The predicted octanol–water partition coefficient (Wildman–Crippen LogP) is 3.68. The number of H-pyrrole nitrogens is 1. The molecular weight excluding hydrogens is 687 g/mol. The summed E-state index contributed by atoms with van der Waals surface area (Å²) < 4.78 is 21.3. The number of benzene rings is 3. The number of nitrogens with one attached hydrogen (secondary N) is 3. The van der Waals surface area contributed by atoms with E-state index in [-0.39, 0.29) is 25.5 Å². The number of aromatic amines is 1. The Morgan fingerprint density at radius 3 is 2.54 bits per heavy atom. The molecule has 0 saturated carbocycles. The fourth-order valence-electron chi connectivity index (χ4n) is 5.25. The number of hydrogen-bond donors (Lipinski definition) is 4. The number of aliphatic hydroxyl groups is 1.